The van der Waals surface area contributed by atoms with Crippen LogP contribution >= 0.6 is 0 Å². The zero-order valence-electron chi connectivity index (χ0n) is 19.6. The van der Waals surface area contributed by atoms with E-state index in [1.54, 1.807) is 20.3 Å². The van der Waals surface area contributed by atoms with Crippen molar-refractivity contribution in [2.75, 3.05) is 20.8 Å². The first-order valence-electron chi connectivity index (χ1n) is 10.4. The molecule has 1 radical (unpaired) electrons. The molecule has 2 aromatic rings. The van der Waals surface area contributed by atoms with Crippen molar-refractivity contribution in [1.82, 2.24) is 5.32 Å². The topological polar surface area (TPSA) is 56.8 Å². The number of nitrogens with one attached hydrogen (secondary N) is 1. The van der Waals surface area contributed by atoms with Crippen LogP contribution in [-0.2, 0) is 4.79 Å². The minimum atomic E-state index is -1.85. The summed E-state index contributed by atoms with van der Waals surface area (Å²) in [5.41, 5.74) is 1.89. The third-order valence-corrected chi connectivity index (χ3v) is 9.87. The average Bonchev–Trinajstić information content (AvgIpc) is 2.72. The summed E-state index contributed by atoms with van der Waals surface area (Å²) >= 11 is 0. The predicted octanol–water partition coefficient (Wildman–Crippen LogP) is 5.47. The number of methoxy groups -OCH3 is 2. The molecule has 167 valence electrons. The standard InChI is InChI=1S/C25H34NO4Si/c1-25(2,3)31(6,7)30-21-12-8-19(9-13-21)11-15-24(27)26-17-16-20-10-14-22(28-4)23(18-20)29-5/h8-16,18H,17H2,1-7H3,(H,26,27)/b15-11+. The molecule has 1 N–H and O–H groups in total. The van der Waals surface area contributed by atoms with Gasteiger partial charge in [0, 0.05) is 19.0 Å². The first-order chi connectivity index (χ1) is 14.6. The molecule has 6 heteroatoms. The number of rotatable bonds is 9. The highest BCUT2D eigenvalue weighted by Gasteiger charge is 2.38. The molecule has 0 aliphatic rings. The SMILES string of the molecule is COc1ccc([CH]CNC(=O)/C=C/c2ccc(O[Si](C)(C)C(C)(C)C)cc2)cc1OC. The van der Waals surface area contributed by atoms with Crippen LogP contribution in [0.1, 0.15) is 31.9 Å². The maximum Gasteiger partial charge on any atom is 0.250 e. The van der Waals surface area contributed by atoms with E-state index < -0.39 is 8.32 Å². The Balaban J connectivity index is 1.85. The van der Waals surface area contributed by atoms with E-state index in [-0.39, 0.29) is 10.9 Å². The number of benzene rings is 2. The van der Waals surface area contributed by atoms with Gasteiger partial charge >= 0.3 is 0 Å². The molecule has 0 unspecified atom stereocenters. The van der Waals surface area contributed by atoms with Crippen LogP contribution in [0.4, 0.5) is 0 Å². The van der Waals surface area contributed by atoms with Crippen molar-refractivity contribution < 1.29 is 18.7 Å². The van der Waals surface area contributed by atoms with E-state index >= 15 is 0 Å². The lowest BCUT2D eigenvalue weighted by atomic mass is 10.1. The fourth-order valence-electron chi connectivity index (χ4n) is 2.57. The highest BCUT2D eigenvalue weighted by Crippen LogP contribution is 2.37. The maximum absolute atomic E-state index is 12.1. The third-order valence-electron chi connectivity index (χ3n) is 5.51. The van der Waals surface area contributed by atoms with E-state index in [0.717, 1.165) is 16.9 Å². The highest BCUT2D eigenvalue weighted by atomic mass is 28.4. The quantitative estimate of drug-likeness (QED) is 0.415. The summed E-state index contributed by atoms with van der Waals surface area (Å²) in [6.45, 7) is 11.5. The lowest BCUT2D eigenvalue weighted by Crippen LogP contribution is -2.43. The minimum absolute atomic E-state index is 0.150. The molecule has 0 saturated carbocycles. The van der Waals surface area contributed by atoms with Crippen molar-refractivity contribution in [3.8, 4) is 17.2 Å². The van der Waals surface area contributed by atoms with Crippen molar-refractivity contribution in [3.63, 3.8) is 0 Å². The summed E-state index contributed by atoms with van der Waals surface area (Å²) < 4.78 is 16.8. The fraction of sp³-hybridized carbons (Fsp3) is 0.360. The monoisotopic (exact) mass is 440 g/mol. The molecule has 2 aromatic carbocycles. The fourth-order valence-corrected chi connectivity index (χ4v) is 3.61. The van der Waals surface area contributed by atoms with Crippen molar-refractivity contribution in [3.05, 3.63) is 66.1 Å². The van der Waals surface area contributed by atoms with Crippen LogP contribution in [0.15, 0.2) is 48.5 Å². The Kier molecular flexibility index (Phi) is 8.33. The van der Waals surface area contributed by atoms with Crippen LogP contribution in [0.5, 0.6) is 17.2 Å². The van der Waals surface area contributed by atoms with Crippen molar-refractivity contribution in [2.45, 2.75) is 38.9 Å². The number of hydrogen-bond donors (Lipinski definition) is 1. The lowest BCUT2D eigenvalue weighted by molar-refractivity contribution is -0.116. The highest BCUT2D eigenvalue weighted by molar-refractivity contribution is 6.74. The largest absolute Gasteiger partial charge is 0.544 e. The minimum Gasteiger partial charge on any atom is -0.544 e. The molecule has 5 nitrogen and oxygen atoms in total. The summed E-state index contributed by atoms with van der Waals surface area (Å²) in [5.74, 6) is 2.05. The Bertz CT molecular complexity index is 899. The number of carbonyl (C=O) groups is 1. The van der Waals surface area contributed by atoms with E-state index in [1.807, 2.05) is 48.9 Å². The maximum atomic E-state index is 12.1. The molecule has 1 amide bonds. The lowest BCUT2D eigenvalue weighted by Gasteiger charge is -2.36. The summed E-state index contributed by atoms with van der Waals surface area (Å²) in [4.78, 5) is 12.1. The van der Waals surface area contributed by atoms with Crippen LogP contribution in [-0.4, -0.2) is 35.0 Å². The summed E-state index contributed by atoms with van der Waals surface area (Å²) in [6.07, 6.45) is 5.24. The summed E-state index contributed by atoms with van der Waals surface area (Å²) in [6, 6.07) is 13.5. The van der Waals surface area contributed by atoms with Gasteiger partial charge in [0.05, 0.1) is 14.2 Å². The molecule has 0 spiro atoms. The molecule has 0 atom stereocenters. The van der Waals surface area contributed by atoms with Gasteiger partial charge in [-0.05, 0) is 59.6 Å². The molecule has 2 rings (SSSR count). The van der Waals surface area contributed by atoms with Gasteiger partial charge in [-0.2, -0.15) is 0 Å². The summed E-state index contributed by atoms with van der Waals surface area (Å²) in [7, 11) is 1.34. The molecule has 0 fully saturated rings. The zero-order valence-corrected chi connectivity index (χ0v) is 20.6. The van der Waals surface area contributed by atoms with Gasteiger partial charge in [-0.3, -0.25) is 4.79 Å². The van der Waals surface area contributed by atoms with E-state index in [4.69, 9.17) is 13.9 Å². The van der Waals surface area contributed by atoms with Gasteiger partial charge in [-0.25, -0.2) is 0 Å². The van der Waals surface area contributed by atoms with Crippen molar-refractivity contribution >= 4 is 20.3 Å². The Morgan fingerprint density at radius 2 is 1.58 bits per heavy atom. The number of amides is 1. The Morgan fingerprint density at radius 1 is 0.968 bits per heavy atom. The van der Waals surface area contributed by atoms with Crippen LogP contribution in [0.3, 0.4) is 0 Å². The smallest absolute Gasteiger partial charge is 0.250 e. The van der Waals surface area contributed by atoms with E-state index in [2.05, 4.69) is 39.2 Å². The second-order valence-corrected chi connectivity index (χ2v) is 13.6. The Labute approximate surface area is 187 Å². The van der Waals surface area contributed by atoms with E-state index in [0.29, 0.717) is 18.0 Å². The number of ether oxygens (including phenoxy) is 2. The molecule has 0 aliphatic heterocycles. The van der Waals surface area contributed by atoms with Crippen molar-refractivity contribution in [2.24, 2.45) is 0 Å². The van der Waals surface area contributed by atoms with Gasteiger partial charge < -0.3 is 19.2 Å². The second kappa shape index (κ2) is 10.5. The third kappa shape index (κ3) is 7.17. The van der Waals surface area contributed by atoms with E-state index in [1.165, 1.54) is 6.08 Å². The van der Waals surface area contributed by atoms with Crippen LogP contribution in [0, 0.1) is 6.42 Å². The number of carbonyl (C=O) groups excluding carboxylic acids is 1. The van der Waals surface area contributed by atoms with Crippen LogP contribution in [0.2, 0.25) is 18.1 Å². The molecule has 0 heterocycles. The van der Waals surface area contributed by atoms with Gasteiger partial charge in [0.25, 0.3) is 0 Å². The predicted molar refractivity (Wildman–Crippen MR) is 129 cm³/mol. The first-order valence-corrected chi connectivity index (χ1v) is 13.3. The molecule has 31 heavy (non-hydrogen) atoms. The Hall–Kier alpha value is -2.73. The second-order valence-electron chi connectivity index (χ2n) is 8.83. The normalized spacial score (nSPS) is 12.0. The summed E-state index contributed by atoms with van der Waals surface area (Å²) in [5, 5.41) is 3.00. The first kappa shape index (κ1) is 24.5. The molecule has 0 aliphatic carbocycles. The van der Waals surface area contributed by atoms with Crippen molar-refractivity contribution in [1.29, 1.82) is 0 Å². The average molecular weight is 441 g/mol. The number of hydrogen-bond acceptors (Lipinski definition) is 4. The van der Waals surface area contributed by atoms with E-state index in [9.17, 15) is 4.79 Å². The zero-order chi connectivity index (χ0) is 23.1. The molecule has 0 aromatic heterocycles. The van der Waals surface area contributed by atoms with Gasteiger partial charge in [-0.1, -0.05) is 39.0 Å². The van der Waals surface area contributed by atoms with Crippen LogP contribution in [0.25, 0.3) is 6.08 Å². The molecular formula is C25H34NO4Si. The molecule has 0 saturated heterocycles. The Morgan fingerprint density at radius 3 is 2.16 bits per heavy atom. The van der Waals surface area contributed by atoms with Crippen LogP contribution < -0.4 is 19.2 Å². The van der Waals surface area contributed by atoms with Gasteiger partial charge in [0.2, 0.25) is 14.2 Å². The van der Waals surface area contributed by atoms with Gasteiger partial charge in [0.1, 0.15) is 5.75 Å². The molecular weight excluding hydrogens is 406 g/mol. The van der Waals surface area contributed by atoms with Gasteiger partial charge in [0.15, 0.2) is 11.5 Å². The molecule has 0 bridgehead atoms. The van der Waals surface area contributed by atoms with Gasteiger partial charge in [-0.15, -0.1) is 0 Å².